The average Bonchev–Trinajstić information content (AvgIpc) is 2.57. The minimum absolute atomic E-state index is 0.0159. The molecule has 1 aliphatic heterocycles. The van der Waals surface area contributed by atoms with Crippen molar-refractivity contribution in [3.05, 3.63) is 35.4 Å². The van der Waals surface area contributed by atoms with Gasteiger partial charge in [0, 0.05) is 26.4 Å². The number of benzene rings is 1. The van der Waals surface area contributed by atoms with E-state index >= 15 is 0 Å². The minimum atomic E-state index is -0.103. The normalized spacial score (nSPS) is 16.4. The van der Waals surface area contributed by atoms with Crippen molar-refractivity contribution in [2.45, 2.75) is 45.6 Å². The Morgan fingerprint density at radius 2 is 1.75 bits per heavy atom. The topological polar surface area (TPSA) is 61.4 Å². The van der Waals surface area contributed by atoms with E-state index in [2.05, 4.69) is 46.7 Å². The molecule has 1 fully saturated rings. The zero-order chi connectivity index (χ0) is 17.4. The summed E-state index contributed by atoms with van der Waals surface area (Å²) in [5, 5.41) is 5.69. The molecule has 2 N–H and O–H groups in total. The number of carbonyl (C=O) groups excluding carboxylic acids is 2. The first-order valence-electron chi connectivity index (χ1n) is 8.88. The number of hydrogen-bond donors (Lipinski definition) is 2. The highest BCUT2D eigenvalue weighted by Crippen LogP contribution is 2.24. The maximum Gasteiger partial charge on any atom is 0.221 e. The van der Waals surface area contributed by atoms with Gasteiger partial charge in [-0.15, -0.1) is 0 Å². The third kappa shape index (κ3) is 5.96. The standard InChI is InChI=1S/C19H29N3O2/c1-15-6-8-17(9-7-15)18(22-12-4-3-5-13-22)14-21-19(24)10-11-20-16(2)23/h6-9,18H,3-5,10-14H2,1-2H3,(H,20,23)(H,21,24). The minimum Gasteiger partial charge on any atom is -0.356 e. The molecule has 1 unspecified atom stereocenters. The molecule has 1 heterocycles. The van der Waals surface area contributed by atoms with Gasteiger partial charge in [-0.1, -0.05) is 36.2 Å². The predicted octanol–water partition coefficient (Wildman–Crippen LogP) is 2.16. The number of carbonyl (C=O) groups is 2. The van der Waals surface area contributed by atoms with Gasteiger partial charge in [0.2, 0.25) is 11.8 Å². The average molecular weight is 331 g/mol. The van der Waals surface area contributed by atoms with E-state index < -0.39 is 0 Å². The first-order chi connectivity index (χ1) is 11.6. The third-order valence-electron chi connectivity index (χ3n) is 4.51. The Labute approximate surface area is 144 Å². The van der Waals surface area contributed by atoms with Crippen molar-refractivity contribution in [2.24, 2.45) is 0 Å². The molecular weight excluding hydrogens is 302 g/mol. The molecular formula is C19H29N3O2. The van der Waals surface area contributed by atoms with Crippen molar-refractivity contribution in [1.29, 1.82) is 0 Å². The van der Waals surface area contributed by atoms with E-state index in [9.17, 15) is 9.59 Å². The first kappa shape index (κ1) is 18.5. The summed E-state index contributed by atoms with van der Waals surface area (Å²) in [5.74, 6) is -0.119. The van der Waals surface area contributed by atoms with Crippen LogP contribution in [0, 0.1) is 6.92 Å². The Morgan fingerprint density at radius 1 is 1.08 bits per heavy atom. The molecule has 2 rings (SSSR count). The van der Waals surface area contributed by atoms with Crippen molar-refractivity contribution in [3.8, 4) is 0 Å². The number of hydrogen-bond acceptors (Lipinski definition) is 3. The van der Waals surface area contributed by atoms with Gasteiger partial charge in [0.05, 0.1) is 6.04 Å². The fourth-order valence-corrected chi connectivity index (χ4v) is 3.13. The van der Waals surface area contributed by atoms with Crippen molar-refractivity contribution in [1.82, 2.24) is 15.5 Å². The van der Waals surface area contributed by atoms with E-state index in [1.807, 2.05) is 0 Å². The monoisotopic (exact) mass is 331 g/mol. The summed E-state index contributed by atoms with van der Waals surface area (Å²) in [7, 11) is 0. The van der Waals surface area contributed by atoms with Crippen LogP contribution in [0.25, 0.3) is 0 Å². The van der Waals surface area contributed by atoms with Crippen LogP contribution in [-0.2, 0) is 9.59 Å². The number of nitrogens with one attached hydrogen (secondary N) is 2. The first-order valence-corrected chi connectivity index (χ1v) is 8.88. The van der Waals surface area contributed by atoms with Crippen molar-refractivity contribution >= 4 is 11.8 Å². The molecule has 0 aromatic heterocycles. The van der Waals surface area contributed by atoms with E-state index in [4.69, 9.17) is 0 Å². The molecule has 1 saturated heterocycles. The summed E-state index contributed by atoms with van der Waals surface area (Å²) in [5.41, 5.74) is 2.50. The van der Waals surface area contributed by atoms with Crippen molar-refractivity contribution < 1.29 is 9.59 Å². The van der Waals surface area contributed by atoms with Crippen LogP contribution < -0.4 is 10.6 Å². The van der Waals surface area contributed by atoms with Gasteiger partial charge in [-0.3, -0.25) is 14.5 Å². The molecule has 5 heteroatoms. The van der Waals surface area contributed by atoms with Gasteiger partial charge in [0.25, 0.3) is 0 Å². The highest BCUT2D eigenvalue weighted by Gasteiger charge is 2.22. The maximum atomic E-state index is 12.0. The number of nitrogens with zero attached hydrogens (tertiary/aromatic N) is 1. The lowest BCUT2D eigenvalue weighted by Crippen LogP contribution is -2.41. The second-order valence-corrected chi connectivity index (χ2v) is 6.56. The maximum absolute atomic E-state index is 12.0. The number of piperidine rings is 1. The van der Waals surface area contributed by atoms with Crippen LogP contribution in [-0.4, -0.2) is 42.9 Å². The summed E-state index contributed by atoms with van der Waals surface area (Å²) in [6.45, 7) is 6.72. The predicted molar refractivity (Wildman–Crippen MR) is 95.7 cm³/mol. The Morgan fingerprint density at radius 3 is 2.38 bits per heavy atom. The van der Waals surface area contributed by atoms with Crippen LogP contribution in [0.2, 0.25) is 0 Å². The Bertz CT molecular complexity index is 536. The number of amides is 2. The van der Waals surface area contributed by atoms with E-state index in [-0.39, 0.29) is 17.9 Å². The van der Waals surface area contributed by atoms with Gasteiger partial charge < -0.3 is 10.6 Å². The summed E-state index contributed by atoms with van der Waals surface area (Å²) in [6.07, 6.45) is 4.05. The fourth-order valence-electron chi connectivity index (χ4n) is 3.13. The Hall–Kier alpha value is -1.88. The van der Waals surface area contributed by atoms with Gasteiger partial charge in [0.1, 0.15) is 0 Å². The molecule has 0 saturated carbocycles. The van der Waals surface area contributed by atoms with Gasteiger partial charge in [-0.2, -0.15) is 0 Å². The molecule has 1 aromatic rings. The molecule has 2 amide bonds. The molecule has 0 spiro atoms. The van der Waals surface area contributed by atoms with Crippen LogP contribution in [0.15, 0.2) is 24.3 Å². The van der Waals surface area contributed by atoms with Gasteiger partial charge >= 0.3 is 0 Å². The lowest BCUT2D eigenvalue weighted by atomic mass is 10.0. The molecule has 0 aliphatic carbocycles. The zero-order valence-electron chi connectivity index (χ0n) is 14.8. The Balaban J connectivity index is 1.94. The molecule has 1 atom stereocenters. The number of aryl methyl sites for hydroxylation is 1. The van der Waals surface area contributed by atoms with Crippen LogP contribution in [0.1, 0.15) is 49.8 Å². The summed E-state index contributed by atoms with van der Waals surface area (Å²) in [6, 6.07) is 8.81. The molecule has 1 aromatic carbocycles. The highest BCUT2D eigenvalue weighted by molar-refractivity contribution is 5.77. The summed E-state index contributed by atoms with van der Waals surface area (Å²) < 4.78 is 0. The van der Waals surface area contributed by atoms with Crippen LogP contribution >= 0.6 is 0 Å². The molecule has 132 valence electrons. The lowest BCUT2D eigenvalue weighted by Gasteiger charge is -2.35. The highest BCUT2D eigenvalue weighted by atomic mass is 16.2. The molecule has 0 bridgehead atoms. The smallest absolute Gasteiger partial charge is 0.221 e. The summed E-state index contributed by atoms with van der Waals surface area (Å²) >= 11 is 0. The van der Waals surface area contributed by atoms with Crippen LogP contribution in [0.4, 0.5) is 0 Å². The number of rotatable bonds is 7. The van der Waals surface area contributed by atoms with E-state index in [1.165, 1.54) is 37.3 Å². The quantitative estimate of drug-likeness (QED) is 0.805. The van der Waals surface area contributed by atoms with Crippen LogP contribution in [0.5, 0.6) is 0 Å². The molecule has 5 nitrogen and oxygen atoms in total. The zero-order valence-corrected chi connectivity index (χ0v) is 14.8. The Kier molecular flexibility index (Phi) is 7.25. The lowest BCUT2D eigenvalue weighted by molar-refractivity contribution is -0.121. The number of likely N-dealkylation sites (tertiary alicyclic amines) is 1. The van der Waals surface area contributed by atoms with Crippen molar-refractivity contribution in [2.75, 3.05) is 26.2 Å². The van der Waals surface area contributed by atoms with E-state index in [0.717, 1.165) is 13.1 Å². The molecule has 1 aliphatic rings. The largest absolute Gasteiger partial charge is 0.356 e. The van der Waals surface area contributed by atoms with E-state index in [0.29, 0.717) is 19.5 Å². The summed E-state index contributed by atoms with van der Waals surface area (Å²) in [4.78, 5) is 25.4. The van der Waals surface area contributed by atoms with Crippen molar-refractivity contribution in [3.63, 3.8) is 0 Å². The fraction of sp³-hybridized carbons (Fsp3) is 0.579. The van der Waals surface area contributed by atoms with Gasteiger partial charge in [-0.25, -0.2) is 0 Å². The second-order valence-electron chi connectivity index (χ2n) is 6.56. The third-order valence-corrected chi connectivity index (χ3v) is 4.51. The van der Waals surface area contributed by atoms with Gasteiger partial charge in [-0.05, 0) is 38.4 Å². The SMILES string of the molecule is CC(=O)NCCC(=O)NCC(c1ccc(C)cc1)N1CCCCC1. The van der Waals surface area contributed by atoms with E-state index in [1.54, 1.807) is 0 Å². The molecule has 24 heavy (non-hydrogen) atoms. The molecule has 0 radical (unpaired) electrons. The second kappa shape index (κ2) is 9.42. The van der Waals surface area contributed by atoms with Crippen LogP contribution in [0.3, 0.4) is 0 Å². The van der Waals surface area contributed by atoms with Gasteiger partial charge in [0.15, 0.2) is 0 Å².